The van der Waals surface area contributed by atoms with Crippen molar-refractivity contribution in [1.82, 2.24) is 15.5 Å². The molecule has 1 heterocycles. The maximum Gasteiger partial charge on any atom is 0.226 e. The number of unbranched alkanes of at least 4 members (excludes halogenated alkanes) is 2. The maximum absolute atomic E-state index is 13.1. The fourth-order valence-electron chi connectivity index (χ4n) is 8.04. The van der Waals surface area contributed by atoms with Crippen molar-refractivity contribution < 1.29 is 9.59 Å². The van der Waals surface area contributed by atoms with Crippen molar-refractivity contribution in [3.63, 3.8) is 0 Å². The minimum Gasteiger partial charge on any atom is -0.356 e. The molecule has 2 atom stereocenters. The van der Waals surface area contributed by atoms with Crippen LogP contribution >= 0.6 is 11.6 Å². The Balaban J connectivity index is 1.01. The molecule has 5 fully saturated rings. The molecule has 4 aliphatic carbocycles. The van der Waals surface area contributed by atoms with E-state index in [-0.39, 0.29) is 23.2 Å². The molecule has 5 aliphatic rings. The van der Waals surface area contributed by atoms with Crippen LogP contribution in [-0.4, -0.2) is 49.9 Å². The molecule has 0 aromatic heterocycles. The Bertz CT molecular complexity index is 866. The average molecular weight is 500 g/mol. The Morgan fingerprint density at radius 2 is 1.54 bits per heavy atom. The number of carbonyl (C=O) groups excluding carboxylic acids is 2. The third-order valence-electron chi connectivity index (χ3n) is 9.41. The molecule has 1 aromatic carbocycles. The molecule has 4 bridgehead atoms. The van der Waals surface area contributed by atoms with Gasteiger partial charge in [0, 0.05) is 30.1 Å². The Kier molecular flexibility index (Phi) is 7.74. The van der Waals surface area contributed by atoms with Gasteiger partial charge in [0.05, 0.1) is 5.92 Å². The number of halogens is 1. The molecule has 6 rings (SSSR count). The van der Waals surface area contributed by atoms with Crippen LogP contribution in [0.5, 0.6) is 0 Å². The Morgan fingerprint density at radius 1 is 0.943 bits per heavy atom. The zero-order chi connectivity index (χ0) is 24.4. The summed E-state index contributed by atoms with van der Waals surface area (Å²) in [6.45, 7) is 3.26. The molecule has 5 nitrogen and oxygen atoms in total. The first-order valence-corrected chi connectivity index (χ1v) is 14.3. The Morgan fingerprint density at radius 3 is 2.17 bits per heavy atom. The third kappa shape index (κ3) is 5.72. The van der Waals surface area contributed by atoms with E-state index in [1.165, 1.54) is 24.8 Å². The van der Waals surface area contributed by atoms with Gasteiger partial charge in [-0.05, 0) is 119 Å². The summed E-state index contributed by atoms with van der Waals surface area (Å²) in [4.78, 5) is 28.4. The molecule has 0 radical (unpaired) electrons. The molecular formula is C29H42ClN3O2. The van der Waals surface area contributed by atoms with E-state index in [1.807, 2.05) is 12.1 Å². The van der Waals surface area contributed by atoms with Gasteiger partial charge in [0.15, 0.2) is 0 Å². The molecule has 1 saturated heterocycles. The van der Waals surface area contributed by atoms with E-state index in [0.29, 0.717) is 12.5 Å². The molecule has 1 unspecified atom stereocenters. The van der Waals surface area contributed by atoms with Gasteiger partial charge in [-0.3, -0.25) is 9.59 Å². The second kappa shape index (κ2) is 10.8. The van der Waals surface area contributed by atoms with Crippen LogP contribution in [0.25, 0.3) is 0 Å². The second-order valence-corrected chi connectivity index (χ2v) is 12.6. The van der Waals surface area contributed by atoms with Crippen LogP contribution in [0.2, 0.25) is 5.02 Å². The zero-order valence-electron chi connectivity index (χ0n) is 21.2. The van der Waals surface area contributed by atoms with Crippen LogP contribution in [0.3, 0.4) is 0 Å². The van der Waals surface area contributed by atoms with Crippen LogP contribution in [0.1, 0.15) is 75.7 Å². The summed E-state index contributed by atoms with van der Waals surface area (Å²) in [5.41, 5.74) is 1.16. The molecule has 0 spiro atoms. The fraction of sp³-hybridized carbons (Fsp3) is 0.724. The molecular weight excluding hydrogens is 458 g/mol. The largest absolute Gasteiger partial charge is 0.356 e. The van der Waals surface area contributed by atoms with E-state index in [9.17, 15) is 9.59 Å². The summed E-state index contributed by atoms with van der Waals surface area (Å²) in [7, 11) is 2.09. The van der Waals surface area contributed by atoms with Gasteiger partial charge in [0.1, 0.15) is 0 Å². The molecule has 4 saturated carbocycles. The van der Waals surface area contributed by atoms with Gasteiger partial charge in [0.25, 0.3) is 0 Å². The van der Waals surface area contributed by atoms with Gasteiger partial charge in [-0.2, -0.15) is 0 Å². The number of amides is 2. The van der Waals surface area contributed by atoms with E-state index < -0.39 is 0 Å². The van der Waals surface area contributed by atoms with E-state index in [4.69, 9.17) is 11.6 Å². The summed E-state index contributed by atoms with van der Waals surface area (Å²) < 4.78 is 0. The maximum atomic E-state index is 13.1. The van der Waals surface area contributed by atoms with Crippen molar-refractivity contribution in [2.75, 3.05) is 33.2 Å². The van der Waals surface area contributed by atoms with Crippen LogP contribution in [0.15, 0.2) is 24.3 Å². The fourth-order valence-corrected chi connectivity index (χ4v) is 8.16. The van der Waals surface area contributed by atoms with Crippen LogP contribution in [0, 0.1) is 29.1 Å². The summed E-state index contributed by atoms with van der Waals surface area (Å²) in [6.07, 6.45) is 11.4. The van der Waals surface area contributed by atoms with Crippen molar-refractivity contribution in [1.29, 1.82) is 0 Å². The first-order valence-electron chi connectivity index (χ1n) is 13.9. The van der Waals surface area contributed by atoms with Crippen molar-refractivity contribution >= 4 is 23.4 Å². The molecule has 1 aromatic rings. The number of hydrogen-bond acceptors (Lipinski definition) is 3. The van der Waals surface area contributed by atoms with Gasteiger partial charge in [-0.25, -0.2) is 0 Å². The summed E-state index contributed by atoms with van der Waals surface area (Å²) in [5.74, 6) is 3.11. The van der Waals surface area contributed by atoms with Crippen molar-refractivity contribution in [3.05, 3.63) is 34.9 Å². The number of likely N-dealkylation sites (tertiary alicyclic amines) is 1. The number of nitrogens with zero attached hydrogens (tertiary/aromatic N) is 1. The monoisotopic (exact) mass is 499 g/mol. The number of piperidine rings is 1. The zero-order valence-corrected chi connectivity index (χ0v) is 22.0. The smallest absolute Gasteiger partial charge is 0.226 e. The first kappa shape index (κ1) is 25.1. The highest BCUT2D eigenvalue weighted by molar-refractivity contribution is 6.30. The molecule has 35 heavy (non-hydrogen) atoms. The van der Waals surface area contributed by atoms with Crippen LogP contribution in [0.4, 0.5) is 0 Å². The Labute approximate surface area is 215 Å². The SMILES string of the molecule is CN1CC[C@H](c2ccc(Cl)cc2)C(C(=O)NCCCCCNC(=O)C23CC4CC(CC(C4)C2)C3)C1. The normalized spacial score (nSPS) is 34.1. The third-order valence-corrected chi connectivity index (χ3v) is 9.66. The molecule has 1 aliphatic heterocycles. The lowest BCUT2D eigenvalue weighted by Gasteiger charge is -2.55. The number of hydrogen-bond donors (Lipinski definition) is 2. The first-order chi connectivity index (χ1) is 16.9. The molecule has 2 amide bonds. The van der Waals surface area contributed by atoms with Gasteiger partial charge in [0.2, 0.25) is 11.8 Å². The van der Waals surface area contributed by atoms with E-state index >= 15 is 0 Å². The highest BCUT2D eigenvalue weighted by Crippen LogP contribution is 2.60. The summed E-state index contributed by atoms with van der Waals surface area (Å²) in [5, 5.41) is 7.21. The summed E-state index contributed by atoms with van der Waals surface area (Å²) in [6, 6.07) is 7.98. The Hall–Kier alpha value is -1.59. The van der Waals surface area contributed by atoms with Gasteiger partial charge < -0.3 is 15.5 Å². The highest BCUT2D eigenvalue weighted by Gasteiger charge is 2.54. The van der Waals surface area contributed by atoms with E-state index in [2.05, 4.69) is 34.7 Å². The lowest BCUT2D eigenvalue weighted by Crippen LogP contribution is -2.53. The number of benzene rings is 1. The molecule has 2 N–H and O–H groups in total. The van der Waals surface area contributed by atoms with Crippen molar-refractivity contribution in [2.45, 2.75) is 70.1 Å². The predicted molar refractivity (Wildman–Crippen MR) is 140 cm³/mol. The van der Waals surface area contributed by atoms with Crippen molar-refractivity contribution in [2.24, 2.45) is 29.1 Å². The number of rotatable bonds is 9. The standard InChI is InChI=1S/C29H42ClN3O2/c1-33-12-9-25(23-5-7-24(30)8-6-23)26(19-33)27(34)31-10-3-2-4-11-32-28(35)29-16-20-13-21(17-29)15-22(14-20)18-29/h5-8,20-22,25-26H,2-4,9-19H2,1H3,(H,31,34)(H,32,35)/t20?,21?,22?,25-,26?,29?/m1/s1. The number of carbonyl (C=O) groups is 2. The van der Waals surface area contributed by atoms with Crippen LogP contribution in [-0.2, 0) is 9.59 Å². The minimum absolute atomic E-state index is 0.0329. The van der Waals surface area contributed by atoms with Crippen LogP contribution < -0.4 is 10.6 Å². The second-order valence-electron chi connectivity index (χ2n) is 12.1. The highest BCUT2D eigenvalue weighted by atomic mass is 35.5. The molecule has 6 heteroatoms. The van der Waals surface area contributed by atoms with Gasteiger partial charge in [-0.1, -0.05) is 23.7 Å². The van der Waals surface area contributed by atoms with E-state index in [1.54, 1.807) is 0 Å². The topological polar surface area (TPSA) is 61.4 Å². The lowest BCUT2D eigenvalue weighted by atomic mass is 9.49. The van der Waals surface area contributed by atoms with Gasteiger partial charge in [-0.15, -0.1) is 0 Å². The van der Waals surface area contributed by atoms with Crippen molar-refractivity contribution in [3.8, 4) is 0 Å². The predicted octanol–water partition coefficient (Wildman–Crippen LogP) is 4.99. The lowest BCUT2D eigenvalue weighted by molar-refractivity contribution is -0.146. The quantitative estimate of drug-likeness (QED) is 0.470. The molecule has 192 valence electrons. The van der Waals surface area contributed by atoms with Gasteiger partial charge >= 0.3 is 0 Å². The minimum atomic E-state index is -0.0451. The number of nitrogens with one attached hydrogen (secondary N) is 2. The average Bonchev–Trinajstić information content (AvgIpc) is 2.83. The summed E-state index contributed by atoms with van der Waals surface area (Å²) >= 11 is 6.07. The van der Waals surface area contributed by atoms with E-state index in [0.717, 1.165) is 87.4 Å².